The van der Waals surface area contributed by atoms with Crippen molar-refractivity contribution in [3.05, 3.63) is 65.2 Å². The number of rotatable bonds is 4. The molecule has 0 aliphatic carbocycles. The maximum atomic E-state index is 12.8. The maximum absolute atomic E-state index is 12.8. The van der Waals surface area contributed by atoms with Crippen molar-refractivity contribution in [3.8, 4) is 5.75 Å². The predicted octanol–water partition coefficient (Wildman–Crippen LogP) is 2.97. The quantitative estimate of drug-likeness (QED) is 0.811. The highest BCUT2D eigenvalue weighted by Gasteiger charge is 2.32. The van der Waals surface area contributed by atoms with Gasteiger partial charge >= 0.3 is 0 Å². The largest absolute Gasteiger partial charge is 0.493 e. The Kier molecular flexibility index (Phi) is 5.21. The molecule has 2 heterocycles. The normalized spacial score (nSPS) is 21.4. The summed E-state index contributed by atoms with van der Waals surface area (Å²) in [5, 5.41) is 0. The van der Waals surface area contributed by atoms with E-state index >= 15 is 0 Å². The van der Waals surface area contributed by atoms with Gasteiger partial charge in [-0.05, 0) is 18.6 Å². The lowest BCUT2D eigenvalue weighted by molar-refractivity contribution is 0.103. The molecule has 2 aromatic carbocycles. The maximum Gasteiger partial charge on any atom is 0.218 e. The molecular formula is C21H26N2O3S. The SMILES string of the molecule is Cc1cccc(CS(=O)(=O)N2CCN(C3CCOc4ccccc43)CC2)c1. The summed E-state index contributed by atoms with van der Waals surface area (Å²) in [7, 11) is -3.29. The van der Waals surface area contributed by atoms with Gasteiger partial charge in [-0.2, -0.15) is 4.31 Å². The van der Waals surface area contributed by atoms with Crippen LogP contribution < -0.4 is 4.74 Å². The number of ether oxygens (including phenoxy) is 1. The molecule has 0 amide bonds. The first kappa shape index (κ1) is 18.5. The predicted molar refractivity (Wildman–Crippen MR) is 106 cm³/mol. The zero-order valence-corrected chi connectivity index (χ0v) is 16.5. The van der Waals surface area contributed by atoms with Gasteiger partial charge in [-0.1, -0.05) is 48.0 Å². The summed E-state index contributed by atoms with van der Waals surface area (Å²) in [6.45, 7) is 5.31. The number of benzene rings is 2. The van der Waals surface area contributed by atoms with Crippen LogP contribution in [0.25, 0.3) is 0 Å². The van der Waals surface area contributed by atoms with Crippen molar-refractivity contribution in [1.29, 1.82) is 0 Å². The molecule has 2 aliphatic heterocycles. The lowest BCUT2D eigenvalue weighted by Gasteiger charge is -2.40. The Balaban J connectivity index is 1.42. The van der Waals surface area contributed by atoms with Crippen LogP contribution in [0.5, 0.6) is 5.75 Å². The van der Waals surface area contributed by atoms with Gasteiger partial charge in [0.2, 0.25) is 10.0 Å². The van der Waals surface area contributed by atoms with Gasteiger partial charge < -0.3 is 4.74 Å². The topological polar surface area (TPSA) is 49.9 Å². The van der Waals surface area contributed by atoms with E-state index in [1.165, 1.54) is 5.56 Å². The number of para-hydroxylation sites is 1. The highest BCUT2D eigenvalue weighted by molar-refractivity contribution is 7.88. The number of sulfonamides is 1. The molecule has 5 nitrogen and oxygen atoms in total. The van der Waals surface area contributed by atoms with Gasteiger partial charge in [0.15, 0.2) is 0 Å². The second kappa shape index (κ2) is 7.62. The van der Waals surface area contributed by atoms with Crippen LogP contribution in [-0.4, -0.2) is 50.4 Å². The molecule has 6 heteroatoms. The zero-order chi connectivity index (χ0) is 18.9. The van der Waals surface area contributed by atoms with E-state index in [0.717, 1.165) is 36.4 Å². The number of nitrogens with zero attached hydrogens (tertiary/aromatic N) is 2. The molecule has 4 rings (SSSR count). The lowest BCUT2D eigenvalue weighted by Crippen LogP contribution is -2.50. The van der Waals surface area contributed by atoms with Crippen molar-refractivity contribution in [2.45, 2.75) is 25.1 Å². The van der Waals surface area contributed by atoms with Gasteiger partial charge in [-0.3, -0.25) is 4.90 Å². The Morgan fingerprint density at radius 1 is 1.04 bits per heavy atom. The minimum absolute atomic E-state index is 0.0782. The minimum atomic E-state index is -3.29. The van der Waals surface area contributed by atoms with Gasteiger partial charge in [-0.25, -0.2) is 8.42 Å². The van der Waals surface area contributed by atoms with Crippen LogP contribution in [0.1, 0.15) is 29.2 Å². The summed E-state index contributed by atoms with van der Waals surface area (Å²) in [6, 6.07) is 16.2. The number of hydrogen-bond acceptors (Lipinski definition) is 4. The molecule has 0 spiro atoms. The molecule has 0 radical (unpaired) electrons. The molecule has 0 bridgehead atoms. The number of hydrogen-bond donors (Lipinski definition) is 0. The molecule has 0 N–H and O–H groups in total. The van der Waals surface area contributed by atoms with Crippen LogP contribution in [-0.2, 0) is 15.8 Å². The molecule has 2 aromatic rings. The van der Waals surface area contributed by atoms with Crippen molar-refractivity contribution in [2.24, 2.45) is 0 Å². The minimum Gasteiger partial charge on any atom is -0.493 e. The molecule has 1 fully saturated rings. The molecule has 0 saturated carbocycles. The molecule has 1 unspecified atom stereocenters. The summed E-state index contributed by atoms with van der Waals surface area (Å²) in [6.07, 6.45) is 0.951. The first-order chi connectivity index (χ1) is 13.0. The Bertz CT molecular complexity index is 905. The van der Waals surface area contributed by atoms with Crippen molar-refractivity contribution in [3.63, 3.8) is 0 Å². The van der Waals surface area contributed by atoms with Crippen LogP contribution in [0, 0.1) is 6.92 Å². The van der Waals surface area contributed by atoms with E-state index in [1.807, 2.05) is 49.4 Å². The molecular weight excluding hydrogens is 360 g/mol. The Morgan fingerprint density at radius 2 is 1.81 bits per heavy atom. The fourth-order valence-corrected chi connectivity index (χ4v) is 5.60. The van der Waals surface area contributed by atoms with Crippen LogP contribution in [0.3, 0.4) is 0 Å². The molecule has 0 aromatic heterocycles. The van der Waals surface area contributed by atoms with Crippen LogP contribution in [0.4, 0.5) is 0 Å². The Labute approximate surface area is 161 Å². The van der Waals surface area contributed by atoms with E-state index in [4.69, 9.17) is 4.74 Å². The smallest absolute Gasteiger partial charge is 0.218 e. The number of piperazine rings is 1. The molecule has 144 valence electrons. The van der Waals surface area contributed by atoms with E-state index < -0.39 is 10.0 Å². The average molecular weight is 387 g/mol. The van der Waals surface area contributed by atoms with Crippen molar-refractivity contribution >= 4 is 10.0 Å². The lowest BCUT2D eigenvalue weighted by atomic mass is 9.98. The first-order valence-corrected chi connectivity index (χ1v) is 11.1. The third kappa shape index (κ3) is 4.03. The standard InChI is InChI=1S/C21H26N2O3S/c1-17-5-4-6-18(15-17)16-27(24,25)23-12-10-22(11-13-23)20-9-14-26-21-8-3-2-7-19(20)21/h2-8,15,20H,9-14,16H2,1H3. The van der Waals surface area contributed by atoms with Gasteiger partial charge in [0.1, 0.15) is 5.75 Å². The Morgan fingerprint density at radius 3 is 2.59 bits per heavy atom. The highest BCUT2D eigenvalue weighted by atomic mass is 32.2. The number of aryl methyl sites for hydroxylation is 1. The van der Waals surface area contributed by atoms with Crippen LogP contribution in [0.15, 0.2) is 48.5 Å². The molecule has 1 atom stereocenters. The summed E-state index contributed by atoms with van der Waals surface area (Å²) in [5.41, 5.74) is 3.17. The summed E-state index contributed by atoms with van der Waals surface area (Å²) < 4.78 is 33.1. The Hall–Kier alpha value is -1.89. The van der Waals surface area contributed by atoms with E-state index in [1.54, 1.807) is 4.31 Å². The third-order valence-electron chi connectivity index (χ3n) is 5.47. The fourth-order valence-electron chi connectivity index (χ4n) is 4.10. The monoisotopic (exact) mass is 386 g/mol. The number of fused-ring (bicyclic) bond motifs is 1. The molecule has 1 saturated heterocycles. The zero-order valence-electron chi connectivity index (χ0n) is 15.7. The van der Waals surface area contributed by atoms with E-state index in [0.29, 0.717) is 25.7 Å². The van der Waals surface area contributed by atoms with E-state index in [-0.39, 0.29) is 5.75 Å². The van der Waals surface area contributed by atoms with Gasteiger partial charge in [0, 0.05) is 44.2 Å². The second-order valence-corrected chi connectivity index (χ2v) is 9.34. The summed E-state index contributed by atoms with van der Waals surface area (Å²) in [5.74, 6) is 1.04. The average Bonchev–Trinajstić information content (AvgIpc) is 2.67. The molecule has 2 aliphatic rings. The van der Waals surface area contributed by atoms with Gasteiger partial charge in [-0.15, -0.1) is 0 Å². The van der Waals surface area contributed by atoms with Gasteiger partial charge in [0.05, 0.1) is 12.4 Å². The van der Waals surface area contributed by atoms with E-state index in [9.17, 15) is 8.42 Å². The summed E-state index contributed by atoms with van der Waals surface area (Å²) >= 11 is 0. The van der Waals surface area contributed by atoms with Crippen LogP contribution >= 0.6 is 0 Å². The molecule has 27 heavy (non-hydrogen) atoms. The highest BCUT2D eigenvalue weighted by Crippen LogP contribution is 2.36. The van der Waals surface area contributed by atoms with Gasteiger partial charge in [0.25, 0.3) is 0 Å². The third-order valence-corrected chi connectivity index (χ3v) is 7.32. The fraction of sp³-hybridized carbons (Fsp3) is 0.429. The summed E-state index contributed by atoms with van der Waals surface area (Å²) in [4.78, 5) is 2.40. The van der Waals surface area contributed by atoms with Crippen molar-refractivity contribution in [1.82, 2.24) is 9.21 Å². The van der Waals surface area contributed by atoms with Crippen molar-refractivity contribution < 1.29 is 13.2 Å². The van der Waals surface area contributed by atoms with E-state index in [2.05, 4.69) is 11.0 Å². The van der Waals surface area contributed by atoms with Crippen molar-refractivity contribution in [2.75, 3.05) is 32.8 Å². The second-order valence-electron chi connectivity index (χ2n) is 7.37. The first-order valence-electron chi connectivity index (χ1n) is 9.52. The van der Waals surface area contributed by atoms with Crippen LogP contribution in [0.2, 0.25) is 0 Å².